The molecule has 1 saturated carbocycles. The van der Waals surface area contributed by atoms with Crippen LogP contribution in [0.5, 0.6) is 0 Å². The van der Waals surface area contributed by atoms with E-state index in [1.807, 2.05) is 12.1 Å². The minimum Gasteiger partial charge on any atom is -0.345 e. The number of hydrogen-bond donors (Lipinski definition) is 1. The molecule has 1 heterocycles. The quantitative estimate of drug-likeness (QED) is 0.927. The van der Waals surface area contributed by atoms with Gasteiger partial charge in [-0.2, -0.15) is 0 Å². The molecule has 2 atom stereocenters. The van der Waals surface area contributed by atoms with Crippen LogP contribution in [-0.2, 0) is 4.79 Å². The normalized spacial score (nSPS) is 18.8. The molecule has 2 aromatic rings. The number of carbonyl (C=O) groups excluding carboxylic acids is 2. The Morgan fingerprint density at radius 3 is 2.71 bits per heavy atom. The topological polar surface area (TPSA) is 62.3 Å². The van der Waals surface area contributed by atoms with E-state index in [2.05, 4.69) is 10.3 Å². The number of amides is 2. The van der Waals surface area contributed by atoms with E-state index in [-0.39, 0.29) is 23.7 Å². The van der Waals surface area contributed by atoms with Crippen molar-refractivity contribution in [1.29, 1.82) is 0 Å². The van der Waals surface area contributed by atoms with E-state index in [0.717, 1.165) is 12.0 Å². The van der Waals surface area contributed by atoms with Gasteiger partial charge in [-0.1, -0.05) is 17.7 Å². The first-order valence-corrected chi connectivity index (χ1v) is 8.07. The molecule has 1 aromatic heterocycles. The second-order valence-electron chi connectivity index (χ2n) is 6.12. The zero-order valence-electron chi connectivity index (χ0n) is 13.5. The van der Waals surface area contributed by atoms with E-state index in [4.69, 9.17) is 11.6 Å². The Kier molecular flexibility index (Phi) is 4.53. The standard InChI is InChI=1S/C18H18ClN3O2/c1-22(2)18(24)13-6-5-12(8-16(13)19)21-17(23)15-9-14(15)11-4-3-7-20-10-11/h3-8,10,14-15H,9H2,1-2H3,(H,21,23)/t14-,15+/m0/s1. The molecule has 24 heavy (non-hydrogen) atoms. The van der Waals surface area contributed by atoms with Gasteiger partial charge in [0.15, 0.2) is 0 Å². The summed E-state index contributed by atoms with van der Waals surface area (Å²) >= 11 is 6.16. The monoisotopic (exact) mass is 343 g/mol. The molecule has 1 aromatic carbocycles. The van der Waals surface area contributed by atoms with Crippen molar-refractivity contribution >= 4 is 29.1 Å². The van der Waals surface area contributed by atoms with Crippen LogP contribution in [0.2, 0.25) is 5.02 Å². The van der Waals surface area contributed by atoms with Gasteiger partial charge in [0.2, 0.25) is 5.91 Å². The van der Waals surface area contributed by atoms with E-state index in [1.54, 1.807) is 44.7 Å². The van der Waals surface area contributed by atoms with Crippen LogP contribution in [-0.4, -0.2) is 35.8 Å². The summed E-state index contributed by atoms with van der Waals surface area (Å²) < 4.78 is 0. The molecule has 2 amide bonds. The summed E-state index contributed by atoms with van der Waals surface area (Å²) in [6, 6.07) is 8.80. The van der Waals surface area contributed by atoms with Crippen LogP contribution in [0.15, 0.2) is 42.7 Å². The first kappa shape index (κ1) is 16.5. The van der Waals surface area contributed by atoms with E-state index in [0.29, 0.717) is 16.3 Å². The van der Waals surface area contributed by atoms with E-state index in [1.165, 1.54) is 4.90 Å². The zero-order chi connectivity index (χ0) is 17.3. The zero-order valence-corrected chi connectivity index (χ0v) is 14.2. The highest BCUT2D eigenvalue weighted by molar-refractivity contribution is 6.34. The molecule has 5 nitrogen and oxygen atoms in total. The first-order valence-electron chi connectivity index (χ1n) is 7.69. The average Bonchev–Trinajstić information content (AvgIpc) is 3.36. The Balaban J connectivity index is 1.66. The Morgan fingerprint density at radius 1 is 1.29 bits per heavy atom. The molecule has 0 aliphatic heterocycles. The second kappa shape index (κ2) is 6.61. The number of halogens is 1. The number of nitrogens with zero attached hydrogens (tertiary/aromatic N) is 2. The molecule has 0 radical (unpaired) electrons. The third kappa shape index (κ3) is 3.41. The maximum atomic E-state index is 12.3. The maximum absolute atomic E-state index is 12.3. The first-order chi connectivity index (χ1) is 11.5. The molecule has 1 aliphatic rings. The number of aromatic nitrogens is 1. The summed E-state index contributed by atoms with van der Waals surface area (Å²) in [4.78, 5) is 29.9. The molecule has 6 heteroatoms. The van der Waals surface area contributed by atoms with Gasteiger partial charge in [0, 0.05) is 38.1 Å². The Morgan fingerprint density at radius 2 is 2.08 bits per heavy atom. The summed E-state index contributed by atoms with van der Waals surface area (Å²) in [6.45, 7) is 0. The molecule has 3 rings (SSSR count). The lowest BCUT2D eigenvalue weighted by Crippen LogP contribution is -2.22. The van der Waals surface area contributed by atoms with Gasteiger partial charge in [-0.05, 0) is 42.2 Å². The molecule has 1 fully saturated rings. The lowest BCUT2D eigenvalue weighted by molar-refractivity contribution is -0.117. The van der Waals surface area contributed by atoms with Gasteiger partial charge in [-0.15, -0.1) is 0 Å². The number of benzene rings is 1. The van der Waals surface area contributed by atoms with Crippen molar-refractivity contribution in [3.8, 4) is 0 Å². The molecular weight excluding hydrogens is 326 g/mol. The van der Waals surface area contributed by atoms with E-state index >= 15 is 0 Å². The molecule has 124 valence electrons. The smallest absolute Gasteiger partial charge is 0.254 e. The van der Waals surface area contributed by atoms with Gasteiger partial charge in [0.05, 0.1) is 10.6 Å². The Hall–Kier alpha value is -2.40. The fourth-order valence-corrected chi connectivity index (χ4v) is 2.95. The van der Waals surface area contributed by atoms with Crippen molar-refractivity contribution in [2.45, 2.75) is 12.3 Å². The molecule has 0 unspecified atom stereocenters. The van der Waals surface area contributed by atoms with Gasteiger partial charge in [0.25, 0.3) is 5.91 Å². The van der Waals surface area contributed by atoms with Crippen LogP contribution >= 0.6 is 11.6 Å². The fourth-order valence-electron chi connectivity index (χ4n) is 2.69. The van der Waals surface area contributed by atoms with Crippen molar-refractivity contribution in [3.63, 3.8) is 0 Å². The molecular formula is C18H18ClN3O2. The van der Waals surface area contributed by atoms with Crippen molar-refractivity contribution in [3.05, 3.63) is 58.9 Å². The van der Waals surface area contributed by atoms with E-state index < -0.39 is 0 Å². The molecule has 1 aliphatic carbocycles. The highest BCUT2D eigenvalue weighted by atomic mass is 35.5. The van der Waals surface area contributed by atoms with E-state index in [9.17, 15) is 9.59 Å². The van der Waals surface area contributed by atoms with Crippen molar-refractivity contribution in [2.75, 3.05) is 19.4 Å². The lowest BCUT2D eigenvalue weighted by Gasteiger charge is -2.12. The number of rotatable bonds is 4. The van der Waals surface area contributed by atoms with Gasteiger partial charge < -0.3 is 10.2 Å². The van der Waals surface area contributed by atoms with Crippen LogP contribution in [0, 0.1) is 5.92 Å². The SMILES string of the molecule is CN(C)C(=O)c1ccc(NC(=O)[C@@H]2C[C@H]2c2cccnc2)cc1Cl. The van der Waals surface area contributed by atoms with Crippen molar-refractivity contribution in [2.24, 2.45) is 5.92 Å². The van der Waals surface area contributed by atoms with Crippen LogP contribution in [0.1, 0.15) is 28.3 Å². The molecule has 0 saturated heterocycles. The Bertz CT molecular complexity index is 777. The van der Waals surface area contributed by atoms with Crippen molar-refractivity contribution in [1.82, 2.24) is 9.88 Å². The highest BCUT2D eigenvalue weighted by Crippen LogP contribution is 2.47. The predicted octanol–water partition coefficient (Wildman–Crippen LogP) is 3.18. The average molecular weight is 344 g/mol. The number of carbonyl (C=O) groups is 2. The van der Waals surface area contributed by atoms with Gasteiger partial charge in [0.1, 0.15) is 0 Å². The summed E-state index contributed by atoms with van der Waals surface area (Å²) in [7, 11) is 3.33. The number of anilines is 1. The van der Waals surface area contributed by atoms with Gasteiger partial charge in [-0.25, -0.2) is 0 Å². The van der Waals surface area contributed by atoms with Crippen LogP contribution in [0.4, 0.5) is 5.69 Å². The minimum absolute atomic E-state index is 0.0356. The molecule has 0 spiro atoms. The predicted molar refractivity (Wildman–Crippen MR) is 93.2 cm³/mol. The fraction of sp³-hybridized carbons (Fsp3) is 0.278. The summed E-state index contributed by atoms with van der Waals surface area (Å²) in [5, 5.41) is 3.20. The number of hydrogen-bond acceptors (Lipinski definition) is 3. The molecule has 0 bridgehead atoms. The van der Waals surface area contributed by atoms with Crippen LogP contribution in [0.3, 0.4) is 0 Å². The largest absolute Gasteiger partial charge is 0.345 e. The van der Waals surface area contributed by atoms with Gasteiger partial charge >= 0.3 is 0 Å². The third-order valence-electron chi connectivity index (χ3n) is 4.11. The number of nitrogens with one attached hydrogen (secondary N) is 1. The molecule has 1 N–H and O–H groups in total. The number of pyridine rings is 1. The lowest BCUT2D eigenvalue weighted by atomic mass is 10.1. The van der Waals surface area contributed by atoms with Gasteiger partial charge in [-0.3, -0.25) is 14.6 Å². The summed E-state index contributed by atoms with van der Waals surface area (Å²) in [6.07, 6.45) is 4.35. The van der Waals surface area contributed by atoms with Crippen molar-refractivity contribution < 1.29 is 9.59 Å². The highest BCUT2D eigenvalue weighted by Gasteiger charge is 2.44. The van der Waals surface area contributed by atoms with Crippen LogP contribution < -0.4 is 5.32 Å². The Labute approximate surface area is 145 Å². The van der Waals surface area contributed by atoms with Crippen LogP contribution in [0.25, 0.3) is 0 Å². The minimum atomic E-state index is -0.170. The maximum Gasteiger partial charge on any atom is 0.254 e. The summed E-state index contributed by atoms with van der Waals surface area (Å²) in [5.74, 6) is -0.0249. The second-order valence-corrected chi connectivity index (χ2v) is 6.53. The third-order valence-corrected chi connectivity index (χ3v) is 4.43. The summed E-state index contributed by atoms with van der Waals surface area (Å²) in [5.41, 5.74) is 2.10.